The maximum absolute atomic E-state index is 7.15. The van der Waals surface area contributed by atoms with Crippen molar-refractivity contribution < 1.29 is 29.3 Å². The van der Waals surface area contributed by atoms with Gasteiger partial charge in [-0.15, -0.1) is 0 Å². The van der Waals surface area contributed by atoms with E-state index in [0.717, 1.165) is 39.2 Å². The maximum atomic E-state index is 7.15. The summed E-state index contributed by atoms with van der Waals surface area (Å²) in [6, 6.07) is 0. The lowest BCUT2D eigenvalue weighted by molar-refractivity contribution is -0.628. The molecule has 0 aromatic carbocycles. The number of hydrogen-bond donors (Lipinski definition) is 3. The van der Waals surface area contributed by atoms with Crippen LogP contribution in [0.3, 0.4) is 0 Å². The van der Waals surface area contributed by atoms with Crippen LogP contribution in [0.15, 0.2) is 24.3 Å². The summed E-state index contributed by atoms with van der Waals surface area (Å²) in [6.45, 7) is 9.33. The molecule has 0 aliphatic rings. The van der Waals surface area contributed by atoms with E-state index >= 15 is 0 Å². The van der Waals surface area contributed by atoms with Gasteiger partial charge in [0.2, 0.25) is 0 Å². The van der Waals surface area contributed by atoms with Crippen LogP contribution in [0.5, 0.6) is 0 Å². The number of unbranched alkanes of at least 4 members (excludes halogenated alkanes) is 24. The average molecular weight is 717 g/mol. The van der Waals surface area contributed by atoms with Crippen LogP contribution in [-0.2, 0) is 14.2 Å². The van der Waals surface area contributed by atoms with Crippen LogP contribution in [0, 0.1) is 0 Å². The maximum Gasteiger partial charge on any atom is 0.149 e. The van der Waals surface area contributed by atoms with Crippen LogP contribution in [0.25, 0.3) is 0 Å². The first kappa shape index (κ1) is 50.8. The Labute approximate surface area is 308 Å². The summed E-state index contributed by atoms with van der Waals surface area (Å²) in [6.07, 6.45) is 47.2. The number of likely N-dealkylation sites (N-methyl/N-ethyl adjacent to an activating group) is 1. The smallest absolute Gasteiger partial charge is 0.149 e. The molecule has 0 saturated heterocycles. The van der Waals surface area contributed by atoms with E-state index in [1.54, 1.807) is 0 Å². The van der Waals surface area contributed by atoms with Gasteiger partial charge in [0.25, 0.3) is 0 Å². The van der Waals surface area contributed by atoms with Crippen molar-refractivity contribution in [1.82, 2.24) is 0 Å². The highest BCUT2D eigenvalue weighted by Crippen LogP contribution is 2.12. The third-order valence-corrected chi connectivity index (χ3v) is 8.97. The van der Waals surface area contributed by atoms with Gasteiger partial charge in [0.1, 0.15) is 15.1 Å². The van der Waals surface area contributed by atoms with Gasteiger partial charge < -0.3 is 29.3 Å². The van der Waals surface area contributed by atoms with Gasteiger partial charge in [0.05, 0.1) is 33.4 Å². The van der Waals surface area contributed by atoms with Gasteiger partial charge >= 0.3 is 0 Å². The molecule has 0 heterocycles. The first-order chi connectivity index (χ1) is 24.3. The highest BCUT2D eigenvalue weighted by atomic mass is 31.1. The van der Waals surface area contributed by atoms with Crippen LogP contribution >= 0.6 is 9.03 Å². The van der Waals surface area contributed by atoms with Crippen LogP contribution in [0.4, 0.5) is 0 Å². The zero-order valence-electron chi connectivity index (χ0n) is 33.1. The lowest BCUT2D eigenvalue weighted by atomic mass is 10.1. The zero-order chi connectivity index (χ0) is 36.0. The molecule has 0 radical (unpaired) electrons. The van der Waals surface area contributed by atoms with Gasteiger partial charge in [-0.25, -0.2) is 0 Å². The second-order valence-corrected chi connectivity index (χ2v) is 14.0. The molecule has 1 atom stereocenters. The number of allylic oxidation sites excluding steroid dienone is 4. The third-order valence-electron chi connectivity index (χ3n) is 8.97. The number of hydrogen-bond acceptors (Lipinski definition) is 5. The first-order valence-electron chi connectivity index (χ1n) is 21.1. The Morgan fingerprint density at radius 2 is 0.796 bits per heavy atom. The van der Waals surface area contributed by atoms with E-state index in [-0.39, 0.29) is 6.10 Å². The molecule has 4 N–H and O–H groups in total. The fourth-order valence-corrected chi connectivity index (χ4v) is 5.83. The third kappa shape index (κ3) is 49.8. The quantitative estimate of drug-likeness (QED) is 0.0334. The van der Waals surface area contributed by atoms with Gasteiger partial charge in [0.15, 0.2) is 0 Å². The van der Waals surface area contributed by atoms with Crippen LogP contribution < -0.4 is 5.32 Å². The normalized spacial score (nSPS) is 12.3. The molecular formula is C42H87NO5P+. The first-order valence-corrected chi connectivity index (χ1v) is 22.0. The summed E-state index contributed by atoms with van der Waals surface area (Å²) in [5.74, 6) is 0. The summed E-state index contributed by atoms with van der Waals surface area (Å²) >= 11 is 0. The molecular weight excluding hydrogens is 629 g/mol. The minimum absolute atomic E-state index is 0.0640. The molecule has 0 rings (SSSR count). The summed E-state index contributed by atoms with van der Waals surface area (Å²) in [7, 11) is 1.17. The predicted molar refractivity (Wildman–Crippen MR) is 216 cm³/mol. The SMILES string of the molecule is CCCCCCCC/C=C\CCCCCCCCOCC(COCC[NH2+]C)OCCCCCCCC/C=C\CCCCCCCC.OPO. The van der Waals surface area contributed by atoms with E-state index in [1.165, 1.54) is 167 Å². The lowest BCUT2D eigenvalue weighted by Gasteiger charge is -2.18. The monoisotopic (exact) mass is 717 g/mol. The van der Waals surface area contributed by atoms with Gasteiger partial charge in [-0.05, 0) is 64.2 Å². The molecule has 0 amide bonds. The Balaban J connectivity index is 0. The summed E-state index contributed by atoms with van der Waals surface area (Å²) < 4.78 is 18.1. The molecule has 0 aliphatic carbocycles. The number of nitrogens with two attached hydrogens (primary N) is 1. The Kier molecular flexibility index (Phi) is 51.6. The molecule has 6 nitrogen and oxygen atoms in total. The fourth-order valence-electron chi connectivity index (χ4n) is 5.83. The van der Waals surface area contributed by atoms with Crippen LogP contribution in [0.2, 0.25) is 0 Å². The number of ether oxygens (including phenoxy) is 3. The van der Waals surface area contributed by atoms with Crippen molar-refractivity contribution in [3.63, 3.8) is 0 Å². The van der Waals surface area contributed by atoms with Crippen molar-refractivity contribution >= 4 is 9.03 Å². The average Bonchev–Trinajstić information content (AvgIpc) is 3.10. The molecule has 294 valence electrons. The second kappa shape index (κ2) is 49.8. The van der Waals surface area contributed by atoms with E-state index < -0.39 is 9.03 Å². The topological polar surface area (TPSA) is 84.8 Å². The molecule has 0 saturated carbocycles. The molecule has 0 fully saturated rings. The molecule has 0 bridgehead atoms. The minimum atomic E-state index is -0.917. The zero-order valence-corrected chi connectivity index (χ0v) is 34.1. The van der Waals surface area contributed by atoms with Crippen molar-refractivity contribution in [2.75, 3.05) is 46.6 Å². The van der Waals surface area contributed by atoms with Crippen molar-refractivity contribution in [2.45, 2.75) is 200 Å². The van der Waals surface area contributed by atoms with Crippen molar-refractivity contribution in [3.8, 4) is 0 Å². The molecule has 0 aromatic rings. The standard InChI is InChI=1S/C42H83NO3.H3O2P/c1-4-6-8-10-12-14-16-18-20-22-24-26-28-30-32-34-37-44-40-42(41-45-39-36-43-3)46-38-35-33-31-29-27-25-23-21-19-17-15-13-11-9-7-5-2;1-3-2/h18-21,42-43H,4-17,22-41H2,1-3H3;1-3H/p+1/b20-18-,21-19-;. The fraction of sp³-hybridized carbons (Fsp3) is 0.905. The van der Waals surface area contributed by atoms with Crippen LogP contribution in [-0.4, -0.2) is 62.5 Å². The van der Waals surface area contributed by atoms with E-state index in [0.29, 0.717) is 13.2 Å². The van der Waals surface area contributed by atoms with Gasteiger partial charge in [0, 0.05) is 13.2 Å². The van der Waals surface area contributed by atoms with E-state index in [1.807, 2.05) is 0 Å². The van der Waals surface area contributed by atoms with E-state index in [2.05, 4.69) is 50.5 Å². The Morgan fingerprint density at radius 1 is 0.469 bits per heavy atom. The van der Waals surface area contributed by atoms with Gasteiger partial charge in [-0.2, -0.15) is 0 Å². The van der Waals surface area contributed by atoms with Crippen LogP contribution in [0.1, 0.15) is 194 Å². The highest BCUT2D eigenvalue weighted by Gasteiger charge is 2.10. The molecule has 0 spiro atoms. The molecule has 0 aromatic heterocycles. The summed E-state index contributed by atoms with van der Waals surface area (Å²) in [5, 5.41) is 2.16. The molecule has 1 unspecified atom stereocenters. The predicted octanol–water partition coefficient (Wildman–Crippen LogP) is 11.2. The van der Waals surface area contributed by atoms with Gasteiger partial charge in [-0.1, -0.05) is 154 Å². The number of rotatable bonds is 40. The number of quaternary nitrogens is 1. The largest absolute Gasteiger partial charge is 0.379 e. The lowest BCUT2D eigenvalue weighted by Crippen LogP contribution is -2.80. The highest BCUT2D eigenvalue weighted by molar-refractivity contribution is 7.23. The molecule has 0 aliphatic heterocycles. The van der Waals surface area contributed by atoms with Gasteiger partial charge in [-0.3, -0.25) is 0 Å². The van der Waals surface area contributed by atoms with E-state index in [4.69, 9.17) is 24.0 Å². The Morgan fingerprint density at radius 3 is 1.18 bits per heavy atom. The van der Waals surface area contributed by atoms with Crippen molar-refractivity contribution in [3.05, 3.63) is 24.3 Å². The molecule has 7 heteroatoms. The Hall–Kier alpha value is -0.330. The summed E-state index contributed by atoms with van der Waals surface area (Å²) in [4.78, 5) is 14.3. The minimum Gasteiger partial charge on any atom is -0.379 e. The Bertz CT molecular complexity index is 622. The summed E-state index contributed by atoms with van der Waals surface area (Å²) in [5.41, 5.74) is 0. The molecule has 49 heavy (non-hydrogen) atoms. The van der Waals surface area contributed by atoms with Crippen molar-refractivity contribution in [1.29, 1.82) is 0 Å². The van der Waals surface area contributed by atoms with Crippen molar-refractivity contribution in [2.24, 2.45) is 0 Å². The van der Waals surface area contributed by atoms with E-state index in [9.17, 15) is 0 Å². The second-order valence-electron chi connectivity index (χ2n) is 13.8.